The second kappa shape index (κ2) is 4.29. The lowest BCUT2D eigenvalue weighted by molar-refractivity contribution is -0.142. The molecule has 0 saturated carbocycles. The van der Waals surface area contributed by atoms with E-state index in [1.807, 2.05) is 11.8 Å². The van der Waals surface area contributed by atoms with Gasteiger partial charge in [0.05, 0.1) is 6.04 Å². The molecule has 5 nitrogen and oxygen atoms in total. The van der Waals surface area contributed by atoms with Gasteiger partial charge < -0.3 is 15.0 Å². The third-order valence-corrected chi connectivity index (χ3v) is 3.99. The standard InChI is InChI=1S/C12H19N3O2/c1-8-11(17-7-14-8)12(16)15-5-9-2-10(6-15)4-13-3-9/h7-11,13H,2-6H2,1H3. The van der Waals surface area contributed by atoms with Crippen LogP contribution >= 0.6 is 0 Å². The molecule has 3 aliphatic heterocycles. The van der Waals surface area contributed by atoms with Crippen molar-refractivity contribution in [1.82, 2.24) is 10.2 Å². The number of piperidine rings is 2. The van der Waals surface area contributed by atoms with Gasteiger partial charge in [-0.15, -0.1) is 0 Å². The van der Waals surface area contributed by atoms with Gasteiger partial charge in [-0.2, -0.15) is 0 Å². The highest BCUT2D eigenvalue weighted by Crippen LogP contribution is 2.26. The summed E-state index contributed by atoms with van der Waals surface area (Å²) in [5.74, 6) is 1.35. The summed E-state index contributed by atoms with van der Waals surface area (Å²) in [5, 5.41) is 3.43. The summed E-state index contributed by atoms with van der Waals surface area (Å²) in [5.41, 5.74) is 0. The van der Waals surface area contributed by atoms with Crippen LogP contribution in [0.5, 0.6) is 0 Å². The first-order valence-electron chi connectivity index (χ1n) is 6.40. The molecule has 1 N–H and O–H groups in total. The second-order valence-corrected chi connectivity index (χ2v) is 5.42. The molecule has 0 aromatic rings. The number of hydrogen-bond acceptors (Lipinski definition) is 4. The molecule has 3 heterocycles. The number of hydrogen-bond donors (Lipinski definition) is 1. The Morgan fingerprint density at radius 3 is 2.71 bits per heavy atom. The van der Waals surface area contributed by atoms with Crippen LogP contribution in [0.4, 0.5) is 0 Å². The normalized spacial score (nSPS) is 40.2. The van der Waals surface area contributed by atoms with E-state index >= 15 is 0 Å². The maximum absolute atomic E-state index is 12.3. The van der Waals surface area contributed by atoms with Crippen LogP contribution in [0, 0.1) is 11.8 Å². The van der Waals surface area contributed by atoms with Crippen molar-refractivity contribution in [3.8, 4) is 0 Å². The number of likely N-dealkylation sites (tertiary alicyclic amines) is 1. The Bertz CT molecular complexity index is 333. The summed E-state index contributed by atoms with van der Waals surface area (Å²) in [6.45, 7) is 5.75. The maximum atomic E-state index is 12.3. The number of rotatable bonds is 1. The molecular weight excluding hydrogens is 218 g/mol. The molecule has 1 amide bonds. The van der Waals surface area contributed by atoms with Crippen LogP contribution in [-0.2, 0) is 9.53 Å². The minimum atomic E-state index is -0.387. The van der Waals surface area contributed by atoms with E-state index in [-0.39, 0.29) is 18.1 Å². The number of carbonyl (C=O) groups excluding carboxylic acids is 1. The number of nitrogens with one attached hydrogen (secondary N) is 1. The minimum Gasteiger partial charge on any atom is -0.468 e. The lowest BCUT2D eigenvalue weighted by atomic mass is 9.85. The predicted octanol–water partition coefficient (Wildman–Crippen LogP) is -0.130. The number of aliphatic imine (C=N–C) groups is 1. The molecule has 0 spiro atoms. The number of nitrogens with zero attached hydrogens (tertiary/aromatic N) is 2. The smallest absolute Gasteiger partial charge is 0.265 e. The van der Waals surface area contributed by atoms with Crippen molar-refractivity contribution in [3.05, 3.63) is 0 Å². The Morgan fingerprint density at radius 1 is 1.41 bits per heavy atom. The van der Waals surface area contributed by atoms with Crippen molar-refractivity contribution in [2.75, 3.05) is 26.2 Å². The zero-order valence-electron chi connectivity index (χ0n) is 10.1. The third-order valence-electron chi connectivity index (χ3n) is 3.99. The molecule has 2 fully saturated rings. The fraction of sp³-hybridized carbons (Fsp3) is 0.833. The Hall–Kier alpha value is -1.10. The zero-order chi connectivity index (χ0) is 11.8. The van der Waals surface area contributed by atoms with Crippen molar-refractivity contribution in [3.63, 3.8) is 0 Å². The van der Waals surface area contributed by atoms with Crippen LogP contribution < -0.4 is 5.32 Å². The number of ether oxygens (including phenoxy) is 1. The lowest BCUT2D eigenvalue weighted by Crippen LogP contribution is -2.55. The summed E-state index contributed by atoms with van der Waals surface area (Å²) in [6, 6.07) is -0.0395. The monoisotopic (exact) mass is 237 g/mol. The largest absolute Gasteiger partial charge is 0.468 e. The Balaban J connectivity index is 1.66. The minimum absolute atomic E-state index is 0.0395. The molecule has 3 aliphatic rings. The fourth-order valence-corrected chi connectivity index (χ4v) is 3.12. The van der Waals surface area contributed by atoms with E-state index in [0.29, 0.717) is 11.8 Å². The van der Waals surface area contributed by atoms with Crippen LogP contribution in [-0.4, -0.2) is 55.5 Å². The van der Waals surface area contributed by atoms with Crippen molar-refractivity contribution in [2.45, 2.75) is 25.5 Å². The van der Waals surface area contributed by atoms with Crippen molar-refractivity contribution in [1.29, 1.82) is 0 Å². The molecule has 4 atom stereocenters. The average molecular weight is 237 g/mol. The van der Waals surface area contributed by atoms with E-state index in [1.54, 1.807) is 0 Å². The molecule has 2 saturated heterocycles. The Morgan fingerprint density at radius 2 is 2.12 bits per heavy atom. The van der Waals surface area contributed by atoms with Gasteiger partial charge in [0.1, 0.15) is 0 Å². The Kier molecular flexibility index (Phi) is 2.78. The Labute approximate surface area is 101 Å². The van der Waals surface area contributed by atoms with Gasteiger partial charge in [-0.05, 0) is 38.3 Å². The van der Waals surface area contributed by atoms with Gasteiger partial charge in [0.15, 0.2) is 12.5 Å². The molecule has 5 heteroatoms. The molecule has 0 aromatic carbocycles. The molecule has 2 bridgehead atoms. The molecule has 3 rings (SSSR count). The number of amides is 1. The summed E-state index contributed by atoms with van der Waals surface area (Å²) in [4.78, 5) is 18.4. The van der Waals surface area contributed by atoms with E-state index in [2.05, 4.69) is 10.3 Å². The highest BCUT2D eigenvalue weighted by molar-refractivity contribution is 5.84. The van der Waals surface area contributed by atoms with Gasteiger partial charge in [-0.25, -0.2) is 0 Å². The summed E-state index contributed by atoms with van der Waals surface area (Å²) < 4.78 is 5.30. The first-order chi connectivity index (χ1) is 8.24. The summed E-state index contributed by atoms with van der Waals surface area (Å²) in [6.07, 6.45) is 2.29. The molecule has 4 unspecified atom stereocenters. The number of fused-ring (bicyclic) bond motifs is 2. The van der Waals surface area contributed by atoms with Crippen LogP contribution in [0.15, 0.2) is 4.99 Å². The van der Waals surface area contributed by atoms with E-state index in [0.717, 1.165) is 26.2 Å². The van der Waals surface area contributed by atoms with E-state index in [1.165, 1.54) is 12.8 Å². The van der Waals surface area contributed by atoms with Crippen molar-refractivity contribution in [2.24, 2.45) is 16.8 Å². The maximum Gasteiger partial charge on any atom is 0.265 e. The van der Waals surface area contributed by atoms with Gasteiger partial charge in [0, 0.05) is 13.1 Å². The van der Waals surface area contributed by atoms with Crippen LogP contribution in [0.3, 0.4) is 0 Å². The third kappa shape index (κ3) is 2.04. The summed E-state index contributed by atoms with van der Waals surface area (Å²) in [7, 11) is 0. The second-order valence-electron chi connectivity index (χ2n) is 5.42. The van der Waals surface area contributed by atoms with Gasteiger partial charge in [0.25, 0.3) is 5.91 Å². The molecule has 0 aromatic heterocycles. The quantitative estimate of drug-likeness (QED) is 0.691. The number of carbonyl (C=O) groups is 1. The molecule has 0 radical (unpaired) electrons. The molecule has 17 heavy (non-hydrogen) atoms. The topological polar surface area (TPSA) is 53.9 Å². The highest BCUT2D eigenvalue weighted by atomic mass is 16.5. The summed E-state index contributed by atoms with van der Waals surface area (Å²) >= 11 is 0. The van der Waals surface area contributed by atoms with Crippen LogP contribution in [0.1, 0.15) is 13.3 Å². The lowest BCUT2D eigenvalue weighted by Gasteiger charge is -2.42. The van der Waals surface area contributed by atoms with Crippen molar-refractivity contribution >= 4 is 12.3 Å². The van der Waals surface area contributed by atoms with Gasteiger partial charge >= 0.3 is 0 Å². The van der Waals surface area contributed by atoms with Crippen molar-refractivity contribution < 1.29 is 9.53 Å². The highest BCUT2D eigenvalue weighted by Gasteiger charge is 2.38. The van der Waals surface area contributed by atoms with Crippen LogP contribution in [0.25, 0.3) is 0 Å². The van der Waals surface area contributed by atoms with E-state index < -0.39 is 0 Å². The van der Waals surface area contributed by atoms with Gasteiger partial charge in [0.2, 0.25) is 0 Å². The average Bonchev–Trinajstić information content (AvgIpc) is 2.74. The molecule has 94 valence electrons. The SMILES string of the molecule is CC1N=COC1C(=O)N1CC2CNCC(C2)C1. The predicted molar refractivity (Wildman–Crippen MR) is 63.9 cm³/mol. The zero-order valence-corrected chi connectivity index (χ0v) is 10.1. The van der Waals surface area contributed by atoms with Gasteiger partial charge in [-0.3, -0.25) is 9.79 Å². The molecular formula is C12H19N3O2. The molecule has 0 aliphatic carbocycles. The van der Waals surface area contributed by atoms with E-state index in [4.69, 9.17) is 4.74 Å². The first kappa shape index (κ1) is 11.0. The van der Waals surface area contributed by atoms with E-state index in [9.17, 15) is 4.79 Å². The van der Waals surface area contributed by atoms with Gasteiger partial charge in [-0.1, -0.05) is 0 Å². The van der Waals surface area contributed by atoms with Crippen LogP contribution in [0.2, 0.25) is 0 Å². The fourth-order valence-electron chi connectivity index (χ4n) is 3.12. The first-order valence-corrected chi connectivity index (χ1v) is 6.40.